The molecule has 0 saturated carbocycles. The third-order valence-electron chi connectivity index (χ3n) is 15.5. The molecule has 2 aliphatic heterocycles. The van der Waals surface area contributed by atoms with Crippen LogP contribution in [0.5, 0.6) is 0 Å². The molecule has 2 fully saturated rings. The van der Waals surface area contributed by atoms with Crippen LogP contribution in [-0.2, 0) is 13.3 Å². The predicted octanol–water partition coefficient (Wildman–Crippen LogP) is 11.3. The van der Waals surface area contributed by atoms with Gasteiger partial charge in [-0.2, -0.15) is 0 Å². The maximum atomic E-state index is 8.37. The highest BCUT2D eigenvalue weighted by molar-refractivity contribution is 7.00. The van der Waals surface area contributed by atoms with Gasteiger partial charge in [0, 0.05) is 18.7 Å². The molecule has 8 rings (SSSR count). The summed E-state index contributed by atoms with van der Waals surface area (Å²) in [4.78, 5) is 2.90. The molecule has 6 aromatic rings. The van der Waals surface area contributed by atoms with E-state index in [0.29, 0.717) is 12.6 Å². The molecule has 0 amide bonds. The van der Waals surface area contributed by atoms with E-state index < -0.39 is 25.0 Å². The molecule has 0 aliphatic carbocycles. The van der Waals surface area contributed by atoms with Gasteiger partial charge in [-0.05, 0) is 97.7 Å². The summed E-state index contributed by atoms with van der Waals surface area (Å²) in [6, 6.07) is 67.9. The van der Waals surface area contributed by atoms with Crippen LogP contribution in [0.25, 0.3) is 0 Å². The maximum absolute atomic E-state index is 8.37. The van der Waals surface area contributed by atoms with Crippen LogP contribution in [0.1, 0.15) is 107 Å². The smallest absolute Gasteiger partial charge is 0.261 e. The lowest BCUT2D eigenvalue weighted by Crippen LogP contribution is -2.69. The van der Waals surface area contributed by atoms with Gasteiger partial charge in [-0.3, -0.25) is 4.90 Å². The van der Waals surface area contributed by atoms with Crippen molar-refractivity contribution < 1.29 is 13.3 Å². The lowest BCUT2D eigenvalue weighted by Gasteiger charge is -2.48. The van der Waals surface area contributed by atoms with Gasteiger partial charge >= 0.3 is 0 Å². The Morgan fingerprint density at radius 3 is 1.21 bits per heavy atom. The van der Waals surface area contributed by atoms with E-state index in [4.69, 9.17) is 13.3 Å². The van der Waals surface area contributed by atoms with E-state index in [0.717, 1.165) is 51.5 Å². The largest absolute Gasteiger partial charge is 0.407 e. The molecule has 68 heavy (non-hydrogen) atoms. The first-order valence-electron chi connectivity index (χ1n) is 25.7. The summed E-state index contributed by atoms with van der Waals surface area (Å²) in [6.07, 6.45) is 7.51. The first-order valence-corrected chi connectivity index (χ1v) is 31.4. The van der Waals surface area contributed by atoms with Gasteiger partial charge in [0.2, 0.25) is 0 Å². The molecule has 2 saturated heterocycles. The molecule has 7 heteroatoms. The highest BCUT2D eigenvalue weighted by Crippen LogP contribution is 2.45. The number of fused-ring (bicyclic) bond motifs is 1. The van der Waals surface area contributed by atoms with E-state index in [2.05, 4.69) is 249 Å². The summed E-state index contributed by atoms with van der Waals surface area (Å²) < 4.78 is 24.1. The van der Waals surface area contributed by atoms with Crippen molar-refractivity contribution in [3.8, 4) is 0 Å². The van der Waals surface area contributed by atoms with Crippen molar-refractivity contribution in [3.63, 3.8) is 0 Å². The van der Waals surface area contributed by atoms with Gasteiger partial charge in [0.1, 0.15) is 0 Å². The molecule has 4 nitrogen and oxygen atoms in total. The van der Waals surface area contributed by atoms with Crippen molar-refractivity contribution in [2.24, 2.45) is 0 Å². The summed E-state index contributed by atoms with van der Waals surface area (Å²) >= 11 is 0. The van der Waals surface area contributed by atoms with E-state index >= 15 is 0 Å². The van der Waals surface area contributed by atoms with Crippen LogP contribution in [0.15, 0.2) is 182 Å². The Kier molecular flexibility index (Phi) is 15.5. The van der Waals surface area contributed by atoms with Crippen molar-refractivity contribution in [1.82, 2.24) is 4.90 Å². The SMILES string of the molecule is CC(C)(C)[Si](OCCC[C@H](O[Si](c1ccccc1)(c1ccccc1)C(C)(C)C)[C@@H]1CC[C@H]2[C@@H](O[Si](c3ccccc3)(c3ccccc3)C(C)(C)C)CCCCN21)(c1ccccc1)c1ccccc1. The zero-order chi connectivity index (χ0) is 48.0. The van der Waals surface area contributed by atoms with Gasteiger partial charge in [0.25, 0.3) is 25.0 Å². The number of hydrogen-bond donors (Lipinski definition) is 0. The van der Waals surface area contributed by atoms with E-state index in [9.17, 15) is 0 Å². The number of benzene rings is 6. The van der Waals surface area contributed by atoms with Gasteiger partial charge in [0.05, 0.1) is 12.2 Å². The average molecular weight is 959 g/mol. The molecule has 4 atom stereocenters. The van der Waals surface area contributed by atoms with Crippen LogP contribution < -0.4 is 31.1 Å². The second-order valence-corrected chi connectivity index (χ2v) is 35.5. The van der Waals surface area contributed by atoms with Crippen LogP contribution in [0.3, 0.4) is 0 Å². The Labute approximate surface area is 413 Å². The standard InChI is InChI=1S/C61H79NO3Si3/c1-59(2,3)66(49-31-16-10-17-32-49,50-33-18-11-19-34-50)63-48-30-44-58(65-68(61(7,8)9,53-39-24-14-25-40-53)54-41-26-15-27-42-54)56-46-45-55-57(43-28-29-47-62(55)56)64-67(60(4,5)6,51-35-20-12-21-36-51)52-37-22-13-23-38-52/h10-27,31-42,55-58H,28-30,43-48H2,1-9H3/t55-,56-,57-,58-/m0/s1. The average Bonchev–Trinajstić information content (AvgIpc) is 3.66. The second-order valence-electron chi connectivity index (χ2n) is 22.7. The van der Waals surface area contributed by atoms with Crippen LogP contribution in [0.2, 0.25) is 15.1 Å². The zero-order valence-electron chi connectivity index (χ0n) is 42.7. The Morgan fingerprint density at radius 1 is 0.456 bits per heavy atom. The molecular weight excluding hydrogens is 879 g/mol. The summed E-state index contributed by atoms with van der Waals surface area (Å²) in [5.41, 5.74) is 0. The molecule has 6 aromatic carbocycles. The Bertz CT molecular complexity index is 2330. The summed E-state index contributed by atoms with van der Waals surface area (Å²) in [5, 5.41) is 7.72. The van der Waals surface area contributed by atoms with E-state index in [1.54, 1.807) is 0 Å². The Morgan fingerprint density at radius 2 is 0.824 bits per heavy atom. The fourth-order valence-corrected chi connectivity index (χ4v) is 26.6. The van der Waals surface area contributed by atoms with Crippen molar-refractivity contribution >= 4 is 56.1 Å². The lowest BCUT2D eigenvalue weighted by atomic mass is 10.0. The zero-order valence-corrected chi connectivity index (χ0v) is 45.7. The topological polar surface area (TPSA) is 30.9 Å². The Balaban J connectivity index is 1.19. The van der Waals surface area contributed by atoms with E-state index in [1.165, 1.54) is 31.1 Å². The minimum Gasteiger partial charge on any atom is -0.407 e. The molecule has 0 N–H and O–H groups in total. The first kappa shape index (κ1) is 50.2. The van der Waals surface area contributed by atoms with Crippen LogP contribution >= 0.6 is 0 Å². The second kappa shape index (κ2) is 21.0. The number of hydrogen-bond acceptors (Lipinski definition) is 4. The molecule has 0 unspecified atom stereocenters. The minimum absolute atomic E-state index is 0.0133. The van der Waals surface area contributed by atoms with Crippen molar-refractivity contribution in [2.45, 2.75) is 147 Å². The van der Waals surface area contributed by atoms with Gasteiger partial charge in [-0.15, -0.1) is 0 Å². The summed E-state index contributed by atoms with van der Waals surface area (Å²) in [7, 11) is -8.46. The maximum Gasteiger partial charge on any atom is 0.261 e. The fourth-order valence-electron chi connectivity index (χ4n) is 12.5. The van der Waals surface area contributed by atoms with Crippen molar-refractivity contribution in [2.75, 3.05) is 13.2 Å². The van der Waals surface area contributed by atoms with Crippen LogP contribution in [0.4, 0.5) is 0 Å². The third-order valence-corrected chi connectivity index (χ3v) is 30.6. The number of nitrogens with zero attached hydrogens (tertiary/aromatic N) is 1. The molecule has 2 heterocycles. The number of rotatable bonds is 16. The molecular formula is C61H79NO3Si3. The molecule has 0 aromatic heterocycles. The lowest BCUT2D eigenvalue weighted by molar-refractivity contribution is 0.0286. The summed E-state index contributed by atoms with van der Waals surface area (Å²) in [5.74, 6) is 0. The van der Waals surface area contributed by atoms with Gasteiger partial charge in [-0.25, -0.2) is 0 Å². The quantitative estimate of drug-likeness (QED) is 0.0714. The first-order chi connectivity index (χ1) is 32.6. The van der Waals surface area contributed by atoms with Crippen LogP contribution in [0, 0.1) is 0 Å². The Hall–Kier alpha value is -4.19. The minimum atomic E-state index is -2.93. The fraction of sp³-hybridized carbons (Fsp3) is 0.410. The highest BCUT2D eigenvalue weighted by atomic mass is 28.4. The third kappa shape index (κ3) is 9.79. The molecule has 358 valence electrons. The van der Waals surface area contributed by atoms with Crippen molar-refractivity contribution in [3.05, 3.63) is 182 Å². The van der Waals surface area contributed by atoms with Gasteiger partial charge < -0.3 is 13.3 Å². The van der Waals surface area contributed by atoms with E-state index in [1.807, 2.05) is 0 Å². The predicted molar refractivity (Wildman–Crippen MR) is 295 cm³/mol. The highest BCUT2D eigenvalue weighted by Gasteiger charge is 2.57. The molecule has 0 radical (unpaired) electrons. The molecule has 0 spiro atoms. The van der Waals surface area contributed by atoms with Gasteiger partial charge in [-0.1, -0.05) is 244 Å². The normalized spacial score (nSPS) is 19.3. The monoisotopic (exact) mass is 958 g/mol. The molecule has 0 bridgehead atoms. The summed E-state index contributed by atoms with van der Waals surface area (Å²) in [6.45, 7) is 23.5. The molecule has 2 aliphatic rings. The van der Waals surface area contributed by atoms with Crippen molar-refractivity contribution in [1.29, 1.82) is 0 Å². The van der Waals surface area contributed by atoms with Gasteiger partial charge in [0.15, 0.2) is 0 Å². The van der Waals surface area contributed by atoms with E-state index in [-0.39, 0.29) is 33.4 Å². The van der Waals surface area contributed by atoms with Crippen LogP contribution in [-0.4, -0.2) is 67.3 Å².